The summed E-state index contributed by atoms with van der Waals surface area (Å²) in [5.41, 5.74) is 5.04. The highest BCUT2D eigenvalue weighted by molar-refractivity contribution is 6.33. The van der Waals surface area contributed by atoms with Crippen molar-refractivity contribution in [1.82, 2.24) is 0 Å². The number of fused-ring (bicyclic) bond motifs is 1. The van der Waals surface area contributed by atoms with Crippen molar-refractivity contribution in [1.29, 1.82) is 0 Å². The summed E-state index contributed by atoms with van der Waals surface area (Å²) in [5.74, 6) is 0. The fourth-order valence-electron chi connectivity index (χ4n) is 2.96. The summed E-state index contributed by atoms with van der Waals surface area (Å²) in [5, 5.41) is 4.34. The first kappa shape index (κ1) is 14.3. The van der Waals surface area contributed by atoms with Crippen molar-refractivity contribution in [2.45, 2.75) is 32.9 Å². The van der Waals surface area contributed by atoms with Gasteiger partial charge in [-0.3, -0.25) is 0 Å². The first-order valence-electron chi connectivity index (χ1n) is 7.58. The zero-order chi connectivity index (χ0) is 14.8. The molecule has 0 bridgehead atoms. The van der Waals surface area contributed by atoms with Gasteiger partial charge in [0.25, 0.3) is 0 Å². The molecule has 0 saturated heterocycles. The summed E-state index contributed by atoms with van der Waals surface area (Å²) in [6.45, 7) is 5.38. The molecule has 3 heteroatoms. The van der Waals surface area contributed by atoms with Crippen molar-refractivity contribution in [2.24, 2.45) is 0 Å². The molecule has 1 aliphatic rings. The SMILES string of the molecule is CCc1ccc(NC(C)N2CCc3ccccc32)c(Cl)c1. The maximum absolute atomic E-state index is 6.38. The number of para-hydroxylation sites is 1. The van der Waals surface area contributed by atoms with E-state index in [1.165, 1.54) is 16.8 Å². The van der Waals surface area contributed by atoms with Gasteiger partial charge in [0.15, 0.2) is 0 Å². The molecule has 110 valence electrons. The Kier molecular flexibility index (Phi) is 4.07. The Hall–Kier alpha value is -1.67. The lowest BCUT2D eigenvalue weighted by Gasteiger charge is -2.29. The van der Waals surface area contributed by atoms with Crippen molar-refractivity contribution >= 4 is 23.0 Å². The van der Waals surface area contributed by atoms with Crippen LogP contribution in [-0.2, 0) is 12.8 Å². The van der Waals surface area contributed by atoms with Gasteiger partial charge in [-0.25, -0.2) is 0 Å². The Morgan fingerprint density at radius 2 is 2.05 bits per heavy atom. The van der Waals surface area contributed by atoms with Crippen LogP contribution in [0.25, 0.3) is 0 Å². The van der Waals surface area contributed by atoms with Gasteiger partial charge in [-0.1, -0.05) is 42.8 Å². The van der Waals surface area contributed by atoms with Crippen LogP contribution in [0.4, 0.5) is 11.4 Å². The molecule has 3 rings (SSSR count). The highest BCUT2D eigenvalue weighted by atomic mass is 35.5. The molecule has 1 unspecified atom stereocenters. The van der Waals surface area contributed by atoms with Crippen LogP contribution in [0.1, 0.15) is 25.0 Å². The smallest absolute Gasteiger partial charge is 0.0961 e. The molecule has 21 heavy (non-hydrogen) atoms. The fraction of sp³-hybridized carbons (Fsp3) is 0.333. The summed E-state index contributed by atoms with van der Waals surface area (Å²) in [6.07, 6.45) is 2.35. The Balaban J connectivity index is 1.77. The molecule has 1 N–H and O–H groups in total. The minimum atomic E-state index is 0.221. The lowest BCUT2D eigenvalue weighted by atomic mass is 10.1. The molecule has 0 saturated carbocycles. The van der Waals surface area contributed by atoms with Gasteiger partial charge in [0.05, 0.1) is 16.9 Å². The topological polar surface area (TPSA) is 15.3 Å². The third kappa shape index (κ3) is 2.86. The zero-order valence-corrected chi connectivity index (χ0v) is 13.3. The van der Waals surface area contributed by atoms with Crippen molar-refractivity contribution in [3.05, 3.63) is 58.6 Å². The molecule has 2 nitrogen and oxygen atoms in total. The second kappa shape index (κ2) is 5.98. The van der Waals surface area contributed by atoms with Gasteiger partial charge in [-0.05, 0) is 49.1 Å². The average Bonchev–Trinajstić information content (AvgIpc) is 2.93. The molecular formula is C18H21ClN2. The lowest BCUT2D eigenvalue weighted by Crippen LogP contribution is -2.37. The zero-order valence-electron chi connectivity index (χ0n) is 12.6. The monoisotopic (exact) mass is 300 g/mol. The van der Waals surface area contributed by atoms with E-state index in [1.807, 2.05) is 0 Å². The van der Waals surface area contributed by atoms with Crippen LogP contribution in [0.5, 0.6) is 0 Å². The van der Waals surface area contributed by atoms with E-state index in [9.17, 15) is 0 Å². The molecule has 0 amide bonds. The van der Waals surface area contributed by atoms with E-state index >= 15 is 0 Å². The number of rotatable bonds is 4. The summed E-state index contributed by atoms with van der Waals surface area (Å²) in [4.78, 5) is 2.40. The second-order valence-corrected chi connectivity index (χ2v) is 5.97. The minimum absolute atomic E-state index is 0.221. The molecule has 0 aromatic heterocycles. The number of benzene rings is 2. The van der Waals surface area contributed by atoms with E-state index in [4.69, 9.17) is 11.6 Å². The average molecular weight is 301 g/mol. The van der Waals surface area contributed by atoms with Gasteiger partial charge in [-0.2, -0.15) is 0 Å². The van der Waals surface area contributed by atoms with Crippen LogP contribution >= 0.6 is 11.6 Å². The van der Waals surface area contributed by atoms with Gasteiger partial charge in [0.2, 0.25) is 0 Å². The number of aryl methyl sites for hydroxylation is 1. The predicted molar refractivity (Wildman–Crippen MR) is 91.4 cm³/mol. The van der Waals surface area contributed by atoms with E-state index in [0.29, 0.717) is 0 Å². The van der Waals surface area contributed by atoms with E-state index in [2.05, 4.69) is 66.5 Å². The first-order chi connectivity index (χ1) is 10.2. The summed E-state index contributed by atoms with van der Waals surface area (Å²) in [6, 6.07) is 14.9. The maximum Gasteiger partial charge on any atom is 0.0961 e. The first-order valence-corrected chi connectivity index (χ1v) is 7.96. The summed E-state index contributed by atoms with van der Waals surface area (Å²) in [7, 11) is 0. The molecule has 0 aliphatic carbocycles. The number of hydrogen-bond donors (Lipinski definition) is 1. The molecule has 0 spiro atoms. The lowest BCUT2D eigenvalue weighted by molar-refractivity contribution is 0.723. The minimum Gasteiger partial charge on any atom is -0.364 e. The number of anilines is 2. The standard InChI is InChI=1S/C18H21ClN2/c1-3-14-8-9-17(16(19)12-14)20-13(2)21-11-10-15-6-4-5-7-18(15)21/h4-9,12-13,20H,3,10-11H2,1-2H3. The van der Waals surface area contributed by atoms with Gasteiger partial charge >= 0.3 is 0 Å². The Labute approximate surface area is 131 Å². The van der Waals surface area contributed by atoms with Crippen LogP contribution in [0.15, 0.2) is 42.5 Å². The van der Waals surface area contributed by atoms with Gasteiger partial charge < -0.3 is 10.2 Å². The summed E-state index contributed by atoms with van der Waals surface area (Å²) >= 11 is 6.38. The van der Waals surface area contributed by atoms with Crippen LogP contribution in [0.3, 0.4) is 0 Å². The molecule has 0 fully saturated rings. The van der Waals surface area contributed by atoms with Gasteiger partial charge in [0, 0.05) is 12.2 Å². The molecular weight excluding hydrogens is 280 g/mol. The third-order valence-electron chi connectivity index (χ3n) is 4.20. The maximum atomic E-state index is 6.38. The number of nitrogens with one attached hydrogen (secondary N) is 1. The molecule has 1 atom stereocenters. The number of nitrogens with zero attached hydrogens (tertiary/aromatic N) is 1. The summed E-state index contributed by atoms with van der Waals surface area (Å²) < 4.78 is 0. The number of halogens is 1. The largest absolute Gasteiger partial charge is 0.364 e. The van der Waals surface area contributed by atoms with Crippen LogP contribution in [0, 0.1) is 0 Å². The second-order valence-electron chi connectivity index (χ2n) is 5.56. The highest BCUT2D eigenvalue weighted by Gasteiger charge is 2.23. The molecule has 0 radical (unpaired) electrons. The Morgan fingerprint density at radius 3 is 2.81 bits per heavy atom. The van der Waals surface area contributed by atoms with Crippen molar-refractivity contribution in [3.63, 3.8) is 0 Å². The van der Waals surface area contributed by atoms with Crippen molar-refractivity contribution in [2.75, 3.05) is 16.8 Å². The molecule has 2 aromatic rings. The highest BCUT2D eigenvalue weighted by Crippen LogP contribution is 2.31. The van der Waals surface area contributed by atoms with E-state index in [0.717, 1.165) is 30.1 Å². The quantitative estimate of drug-likeness (QED) is 0.878. The number of hydrogen-bond acceptors (Lipinski definition) is 2. The van der Waals surface area contributed by atoms with Crippen LogP contribution < -0.4 is 10.2 Å². The van der Waals surface area contributed by atoms with Crippen molar-refractivity contribution < 1.29 is 0 Å². The molecule has 1 aliphatic heterocycles. The van der Waals surface area contributed by atoms with E-state index < -0.39 is 0 Å². The van der Waals surface area contributed by atoms with Crippen LogP contribution in [0.2, 0.25) is 5.02 Å². The normalized spacial score (nSPS) is 14.9. The Morgan fingerprint density at radius 1 is 1.24 bits per heavy atom. The molecule has 2 aromatic carbocycles. The predicted octanol–water partition coefficient (Wildman–Crippen LogP) is 4.72. The molecule has 1 heterocycles. The van der Waals surface area contributed by atoms with Gasteiger partial charge in [-0.15, -0.1) is 0 Å². The van der Waals surface area contributed by atoms with Gasteiger partial charge in [0.1, 0.15) is 0 Å². The van der Waals surface area contributed by atoms with Crippen molar-refractivity contribution in [3.8, 4) is 0 Å². The Bertz CT molecular complexity index is 639. The van der Waals surface area contributed by atoms with Crippen LogP contribution in [-0.4, -0.2) is 12.7 Å². The van der Waals surface area contributed by atoms with E-state index in [-0.39, 0.29) is 6.17 Å². The fourth-order valence-corrected chi connectivity index (χ4v) is 3.22. The van der Waals surface area contributed by atoms with E-state index in [1.54, 1.807) is 0 Å². The third-order valence-corrected chi connectivity index (χ3v) is 4.51.